The number of anilines is 1. The van der Waals surface area contributed by atoms with Crippen LogP contribution < -0.4 is 19.5 Å². The molecule has 1 aliphatic rings. The summed E-state index contributed by atoms with van der Waals surface area (Å²) >= 11 is 4.26. The first-order valence-corrected chi connectivity index (χ1v) is 11.8. The normalized spacial score (nSPS) is 14.5. The van der Waals surface area contributed by atoms with Gasteiger partial charge in [0.05, 0.1) is 25.2 Å². The molecule has 0 unspecified atom stereocenters. The Hall–Kier alpha value is -2.98. The van der Waals surface area contributed by atoms with Crippen molar-refractivity contribution in [2.45, 2.75) is 13.8 Å². The first-order chi connectivity index (χ1) is 15.9. The van der Waals surface area contributed by atoms with E-state index in [2.05, 4.69) is 21.2 Å². The number of hydrogen-bond acceptors (Lipinski definition) is 7. The first kappa shape index (κ1) is 24.7. The van der Waals surface area contributed by atoms with E-state index in [1.807, 2.05) is 13.8 Å². The van der Waals surface area contributed by atoms with Gasteiger partial charge in [0.2, 0.25) is 5.91 Å². The summed E-state index contributed by atoms with van der Waals surface area (Å²) in [6.07, 6.45) is 1.59. The number of benzene rings is 2. The summed E-state index contributed by atoms with van der Waals surface area (Å²) in [4.78, 5) is 38.8. The number of rotatable bonds is 9. The molecule has 0 aliphatic carbocycles. The quantitative estimate of drug-likeness (QED) is 0.455. The molecule has 33 heavy (non-hydrogen) atoms. The molecule has 2 aromatic carbocycles. The molecule has 1 saturated heterocycles. The van der Waals surface area contributed by atoms with Crippen LogP contribution in [0, 0.1) is 0 Å². The van der Waals surface area contributed by atoms with Gasteiger partial charge in [-0.2, -0.15) is 0 Å². The van der Waals surface area contributed by atoms with Crippen molar-refractivity contribution in [1.82, 2.24) is 4.90 Å². The smallest absolute Gasteiger partial charge is 0.294 e. The van der Waals surface area contributed by atoms with E-state index in [4.69, 9.17) is 14.2 Å². The van der Waals surface area contributed by atoms with Crippen molar-refractivity contribution < 1.29 is 28.6 Å². The summed E-state index contributed by atoms with van der Waals surface area (Å²) in [5.41, 5.74) is 1.18. The Kier molecular flexibility index (Phi) is 8.40. The Morgan fingerprint density at radius 3 is 2.33 bits per heavy atom. The summed E-state index contributed by atoms with van der Waals surface area (Å²) in [5.74, 6) is 0.744. The van der Waals surface area contributed by atoms with Gasteiger partial charge in [0.1, 0.15) is 12.3 Å². The lowest BCUT2D eigenvalue weighted by atomic mass is 10.2. The molecule has 1 N–H and O–H groups in total. The van der Waals surface area contributed by atoms with E-state index in [1.54, 1.807) is 49.6 Å². The molecular weight excluding hydrogens is 512 g/mol. The van der Waals surface area contributed by atoms with E-state index in [9.17, 15) is 14.4 Å². The van der Waals surface area contributed by atoms with Crippen molar-refractivity contribution in [2.24, 2.45) is 0 Å². The van der Waals surface area contributed by atoms with Crippen LogP contribution in [0.3, 0.4) is 0 Å². The van der Waals surface area contributed by atoms with Gasteiger partial charge in [-0.15, -0.1) is 0 Å². The van der Waals surface area contributed by atoms with Crippen molar-refractivity contribution in [2.75, 3.05) is 32.2 Å². The molecule has 2 aromatic rings. The third-order valence-electron chi connectivity index (χ3n) is 4.50. The Balaban J connectivity index is 1.75. The average molecular weight is 535 g/mol. The fourth-order valence-electron chi connectivity index (χ4n) is 2.99. The minimum absolute atomic E-state index is 0.213. The van der Waals surface area contributed by atoms with Gasteiger partial charge in [0, 0.05) is 10.2 Å². The predicted octanol–water partition coefficient (Wildman–Crippen LogP) is 4.93. The molecule has 0 bridgehead atoms. The van der Waals surface area contributed by atoms with Crippen LogP contribution in [0.1, 0.15) is 19.4 Å². The minimum Gasteiger partial charge on any atom is -0.497 e. The van der Waals surface area contributed by atoms with E-state index in [0.29, 0.717) is 46.2 Å². The van der Waals surface area contributed by atoms with Crippen LogP contribution in [-0.4, -0.2) is 48.8 Å². The molecule has 1 fully saturated rings. The molecule has 0 aromatic heterocycles. The Bertz CT molecular complexity index is 1090. The largest absolute Gasteiger partial charge is 0.497 e. The van der Waals surface area contributed by atoms with Crippen molar-refractivity contribution in [3.8, 4) is 17.2 Å². The number of methoxy groups -OCH3 is 1. The SMILES string of the molecule is CCOc1cc(Br)c(/C=C2/SC(=O)N(CC(=O)Nc3ccc(OC)cc3)C2=O)cc1OCC. The molecule has 174 valence electrons. The van der Waals surface area contributed by atoms with Crippen molar-refractivity contribution >= 4 is 56.5 Å². The Morgan fingerprint density at radius 1 is 1.09 bits per heavy atom. The van der Waals surface area contributed by atoms with E-state index in [1.165, 1.54) is 0 Å². The van der Waals surface area contributed by atoms with Gasteiger partial charge in [-0.05, 0) is 73.6 Å². The molecule has 1 heterocycles. The predicted molar refractivity (Wildman–Crippen MR) is 131 cm³/mol. The molecular formula is C23H23BrN2O6S. The third-order valence-corrected chi connectivity index (χ3v) is 6.09. The maximum atomic E-state index is 12.8. The second-order valence-corrected chi connectivity index (χ2v) is 8.58. The van der Waals surface area contributed by atoms with E-state index >= 15 is 0 Å². The van der Waals surface area contributed by atoms with Crippen LogP contribution in [-0.2, 0) is 9.59 Å². The molecule has 0 spiro atoms. The summed E-state index contributed by atoms with van der Waals surface area (Å²) < 4.78 is 17.0. The Morgan fingerprint density at radius 2 is 1.73 bits per heavy atom. The highest BCUT2D eigenvalue weighted by Crippen LogP contribution is 2.38. The zero-order chi connectivity index (χ0) is 24.0. The maximum Gasteiger partial charge on any atom is 0.294 e. The number of ether oxygens (including phenoxy) is 3. The number of halogens is 1. The van der Waals surface area contributed by atoms with Gasteiger partial charge < -0.3 is 19.5 Å². The minimum atomic E-state index is -0.534. The molecule has 8 nitrogen and oxygen atoms in total. The molecule has 0 atom stereocenters. The summed E-state index contributed by atoms with van der Waals surface area (Å²) in [5, 5.41) is 2.16. The number of carbonyl (C=O) groups is 3. The molecule has 3 rings (SSSR count). The topological polar surface area (TPSA) is 94.2 Å². The number of amides is 3. The number of nitrogens with one attached hydrogen (secondary N) is 1. The molecule has 3 amide bonds. The van der Waals surface area contributed by atoms with E-state index in [0.717, 1.165) is 16.7 Å². The monoisotopic (exact) mass is 534 g/mol. The van der Waals surface area contributed by atoms with Gasteiger partial charge >= 0.3 is 0 Å². The van der Waals surface area contributed by atoms with Gasteiger partial charge in [-0.1, -0.05) is 15.9 Å². The number of carbonyl (C=O) groups excluding carboxylic acids is 3. The van der Waals surface area contributed by atoms with Crippen LogP contribution in [0.5, 0.6) is 17.2 Å². The lowest BCUT2D eigenvalue weighted by Crippen LogP contribution is -2.36. The number of nitrogens with zero attached hydrogens (tertiary/aromatic N) is 1. The van der Waals surface area contributed by atoms with Crippen LogP contribution >= 0.6 is 27.7 Å². The van der Waals surface area contributed by atoms with Crippen molar-refractivity contribution in [1.29, 1.82) is 0 Å². The van der Waals surface area contributed by atoms with Crippen molar-refractivity contribution in [3.63, 3.8) is 0 Å². The molecule has 10 heteroatoms. The van der Waals surface area contributed by atoms with E-state index < -0.39 is 17.1 Å². The summed E-state index contributed by atoms with van der Waals surface area (Å²) in [6, 6.07) is 10.2. The molecule has 0 radical (unpaired) electrons. The fourth-order valence-corrected chi connectivity index (χ4v) is 4.26. The standard InChI is InChI=1S/C23H23BrN2O6S/c1-4-31-18-10-14(17(24)12-19(18)32-5-2)11-20-22(28)26(23(29)33-20)13-21(27)25-15-6-8-16(30-3)9-7-15/h6-12H,4-5,13H2,1-3H3,(H,25,27)/b20-11+. The molecule has 0 saturated carbocycles. The fraction of sp³-hybridized carbons (Fsp3) is 0.261. The zero-order valence-electron chi connectivity index (χ0n) is 18.3. The van der Waals surface area contributed by atoms with Crippen LogP contribution in [0.15, 0.2) is 45.8 Å². The second-order valence-electron chi connectivity index (χ2n) is 6.73. The number of hydrogen-bond donors (Lipinski definition) is 1. The zero-order valence-corrected chi connectivity index (χ0v) is 20.7. The van der Waals surface area contributed by atoms with Crippen LogP contribution in [0.4, 0.5) is 10.5 Å². The third kappa shape index (κ3) is 6.08. The van der Waals surface area contributed by atoms with Gasteiger partial charge in [-0.25, -0.2) is 0 Å². The highest BCUT2D eigenvalue weighted by atomic mass is 79.9. The highest BCUT2D eigenvalue weighted by Gasteiger charge is 2.36. The lowest BCUT2D eigenvalue weighted by molar-refractivity contribution is -0.127. The van der Waals surface area contributed by atoms with Gasteiger partial charge in [0.15, 0.2) is 11.5 Å². The van der Waals surface area contributed by atoms with Gasteiger partial charge in [0.25, 0.3) is 11.1 Å². The molecule has 1 aliphatic heterocycles. The van der Waals surface area contributed by atoms with E-state index in [-0.39, 0.29) is 11.4 Å². The maximum absolute atomic E-state index is 12.8. The average Bonchev–Trinajstić information content (AvgIpc) is 3.05. The van der Waals surface area contributed by atoms with Gasteiger partial charge in [-0.3, -0.25) is 19.3 Å². The number of thioether (sulfide) groups is 1. The lowest BCUT2D eigenvalue weighted by Gasteiger charge is -2.13. The Labute approximate surface area is 204 Å². The highest BCUT2D eigenvalue weighted by molar-refractivity contribution is 9.10. The summed E-state index contributed by atoms with van der Waals surface area (Å²) in [6.45, 7) is 4.27. The summed E-state index contributed by atoms with van der Waals surface area (Å²) in [7, 11) is 1.55. The second kappa shape index (κ2) is 11.2. The number of imide groups is 1. The van der Waals surface area contributed by atoms with Crippen molar-refractivity contribution in [3.05, 3.63) is 51.3 Å². The van der Waals surface area contributed by atoms with Crippen LogP contribution in [0.25, 0.3) is 6.08 Å². The first-order valence-electron chi connectivity index (χ1n) is 10.1. The van der Waals surface area contributed by atoms with Crippen LogP contribution in [0.2, 0.25) is 0 Å².